The van der Waals surface area contributed by atoms with Crippen LogP contribution in [-0.4, -0.2) is 21.8 Å². The number of methoxy groups -OCH3 is 1. The smallest absolute Gasteiger partial charge is 0.119 e. The van der Waals surface area contributed by atoms with E-state index in [2.05, 4.69) is 6.07 Å². The fraction of sp³-hybridized carbons (Fsp3) is 0.647. The molecule has 116 valence electrons. The van der Waals surface area contributed by atoms with E-state index in [1.807, 2.05) is 12.1 Å². The standard InChI is InChI=1S/C17H25NO2S/c1-20-13-9-7-12-8-10-16(17(18)15(12)11-13)21(19)14-5-3-2-4-6-14/h7,9,11,14,16-17H,2-6,8,10,18H2,1H3. The van der Waals surface area contributed by atoms with Crippen molar-refractivity contribution < 1.29 is 8.95 Å². The number of hydrogen-bond donors (Lipinski definition) is 1. The second-order valence-electron chi connectivity index (χ2n) is 6.26. The highest BCUT2D eigenvalue weighted by molar-refractivity contribution is 7.86. The second kappa shape index (κ2) is 6.49. The summed E-state index contributed by atoms with van der Waals surface area (Å²) in [4.78, 5) is 0. The number of hydrogen-bond acceptors (Lipinski definition) is 3. The minimum atomic E-state index is -0.805. The van der Waals surface area contributed by atoms with Crippen molar-refractivity contribution in [3.05, 3.63) is 29.3 Å². The first kappa shape index (κ1) is 15.0. The fourth-order valence-electron chi connectivity index (χ4n) is 3.72. The van der Waals surface area contributed by atoms with Gasteiger partial charge in [0.2, 0.25) is 0 Å². The van der Waals surface area contributed by atoms with Gasteiger partial charge in [-0.1, -0.05) is 25.3 Å². The highest BCUT2D eigenvalue weighted by atomic mass is 32.2. The van der Waals surface area contributed by atoms with Crippen LogP contribution in [0.5, 0.6) is 5.75 Å². The fourth-order valence-corrected chi connectivity index (χ4v) is 5.80. The van der Waals surface area contributed by atoms with Crippen LogP contribution in [0.4, 0.5) is 0 Å². The van der Waals surface area contributed by atoms with Crippen molar-refractivity contribution in [2.45, 2.75) is 61.5 Å². The van der Waals surface area contributed by atoms with E-state index >= 15 is 0 Å². The van der Waals surface area contributed by atoms with Crippen molar-refractivity contribution in [3.8, 4) is 5.75 Å². The Bertz CT molecular complexity index is 526. The number of nitrogens with two attached hydrogens (primary N) is 1. The zero-order chi connectivity index (χ0) is 14.8. The Kier molecular flexibility index (Phi) is 4.65. The van der Waals surface area contributed by atoms with E-state index in [-0.39, 0.29) is 11.3 Å². The molecule has 0 saturated heterocycles. The molecule has 1 saturated carbocycles. The normalized spacial score (nSPS) is 27.9. The molecule has 0 radical (unpaired) electrons. The van der Waals surface area contributed by atoms with Crippen LogP contribution in [0.25, 0.3) is 0 Å². The maximum atomic E-state index is 12.9. The third kappa shape index (κ3) is 3.02. The Hall–Kier alpha value is -0.870. The van der Waals surface area contributed by atoms with E-state index in [9.17, 15) is 4.21 Å². The van der Waals surface area contributed by atoms with Crippen molar-refractivity contribution in [2.75, 3.05) is 7.11 Å². The lowest BCUT2D eigenvalue weighted by atomic mass is 9.87. The molecule has 2 N–H and O–H groups in total. The number of benzene rings is 1. The molecule has 0 amide bonds. The van der Waals surface area contributed by atoms with Gasteiger partial charge in [0.05, 0.1) is 12.4 Å². The summed E-state index contributed by atoms with van der Waals surface area (Å²) >= 11 is 0. The lowest BCUT2D eigenvalue weighted by Crippen LogP contribution is -2.39. The maximum absolute atomic E-state index is 12.9. The molecule has 3 atom stereocenters. The maximum Gasteiger partial charge on any atom is 0.119 e. The van der Waals surface area contributed by atoms with Crippen LogP contribution in [0.2, 0.25) is 0 Å². The van der Waals surface area contributed by atoms with Gasteiger partial charge in [0.1, 0.15) is 5.75 Å². The predicted octanol–water partition coefficient (Wildman–Crippen LogP) is 3.09. The lowest BCUT2D eigenvalue weighted by Gasteiger charge is -2.34. The van der Waals surface area contributed by atoms with Crippen LogP contribution in [0.1, 0.15) is 55.7 Å². The van der Waals surface area contributed by atoms with Gasteiger partial charge in [-0.2, -0.15) is 0 Å². The molecular weight excluding hydrogens is 282 g/mol. The number of ether oxygens (including phenoxy) is 1. The van der Waals surface area contributed by atoms with E-state index in [0.29, 0.717) is 5.25 Å². The Labute approximate surface area is 129 Å². The van der Waals surface area contributed by atoms with Crippen LogP contribution in [-0.2, 0) is 17.2 Å². The summed E-state index contributed by atoms with van der Waals surface area (Å²) in [7, 11) is 0.870. The Balaban J connectivity index is 1.80. The highest BCUT2D eigenvalue weighted by Gasteiger charge is 2.35. The molecule has 4 heteroatoms. The van der Waals surface area contributed by atoms with Crippen molar-refractivity contribution in [3.63, 3.8) is 0 Å². The van der Waals surface area contributed by atoms with Crippen molar-refractivity contribution in [1.82, 2.24) is 0 Å². The van der Waals surface area contributed by atoms with Gasteiger partial charge in [-0.3, -0.25) is 4.21 Å². The predicted molar refractivity (Wildman–Crippen MR) is 87.0 cm³/mol. The van der Waals surface area contributed by atoms with Crippen LogP contribution < -0.4 is 10.5 Å². The van der Waals surface area contributed by atoms with Gasteiger partial charge < -0.3 is 10.5 Å². The molecule has 1 aromatic carbocycles. The molecule has 0 spiro atoms. The SMILES string of the molecule is COc1ccc2c(c1)C(N)C(S(=O)C1CCCCC1)CC2. The first-order valence-corrected chi connectivity index (χ1v) is 9.30. The third-order valence-corrected chi connectivity index (χ3v) is 7.24. The van der Waals surface area contributed by atoms with Crippen LogP contribution in [0, 0.1) is 0 Å². The van der Waals surface area contributed by atoms with E-state index in [4.69, 9.17) is 10.5 Å². The molecule has 0 bridgehead atoms. The first-order valence-electron chi connectivity index (χ1n) is 8.02. The summed E-state index contributed by atoms with van der Waals surface area (Å²) < 4.78 is 18.2. The monoisotopic (exact) mass is 307 g/mol. The molecule has 3 nitrogen and oxygen atoms in total. The van der Waals surface area contributed by atoms with Crippen molar-refractivity contribution in [1.29, 1.82) is 0 Å². The molecule has 0 aromatic heterocycles. The quantitative estimate of drug-likeness (QED) is 0.933. The Morgan fingerprint density at radius 1 is 1.19 bits per heavy atom. The van der Waals surface area contributed by atoms with E-state index in [1.54, 1.807) is 7.11 Å². The summed E-state index contributed by atoms with van der Waals surface area (Å²) in [5.74, 6) is 0.841. The Morgan fingerprint density at radius 3 is 2.67 bits per heavy atom. The average molecular weight is 307 g/mol. The molecule has 1 aromatic rings. The van der Waals surface area contributed by atoms with Crippen LogP contribution in [0.3, 0.4) is 0 Å². The largest absolute Gasteiger partial charge is 0.497 e. The van der Waals surface area contributed by atoms with Crippen LogP contribution >= 0.6 is 0 Å². The molecule has 3 unspecified atom stereocenters. The topological polar surface area (TPSA) is 52.3 Å². The number of fused-ring (bicyclic) bond motifs is 1. The zero-order valence-corrected chi connectivity index (χ0v) is 13.5. The molecule has 0 aliphatic heterocycles. The zero-order valence-electron chi connectivity index (χ0n) is 12.7. The summed E-state index contributed by atoms with van der Waals surface area (Å²) in [5, 5.41) is 0.467. The molecule has 21 heavy (non-hydrogen) atoms. The molecule has 2 aliphatic carbocycles. The van der Waals surface area contributed by atoms with E-state index in [0.717, 1.165) is 37.0 Å². The minimum Gasteiger partial charge on any atom is -0.497 e. The second-order valence-corrected chi connectivity index (χ2v) is 8.19. The van der Waals surface area contributed by atoms with Gasteiger partial charge in [-0.15, -0.1) is 0 Å². The van der Waals surface area contributed by atoms with Gasteiger partial charge in [0.25, 0.3) is 0 Å². The summed E-state index contributed by atoms with van der Waals surface area (Å²) in [6.07, 6.45) is 7.90. The van der Waals surface area contributed by atoms with Crippen molar-refractivity contribution >= 4 is 10.8 Å². The van der Waals surface area contributed by atoms with Gasteiger partial charge in [0, 0.05) is 22.1 Å². The van der Waals surface area contributed by atoms with Gasteiger partial charge >= 0.3 is 0 Å². The van der Waals surface area contributed by atoms with Gasteiger partial charge in [-0.25, -0.2) is 0 Å². The number of rotatable bonds is 3. The van der Waals surface area contributed by atoms with E-state index in [1.165, 1.54) is 24.8 Å². The molecule has 3 rings (SSSR count). The van der Waals surface area contributed by atoms with Gasteiger partial charge in [-0.05, 0) is 48.9 Å². The highest BCUT2D eigenvalue weighted by Crippen LogP contribution is 2.36. The summed E-state index contributed by atoms with van der Waals surface area (Å²) in [6.45, 7) is 0. The molecular formula is C17H25NO2S. The molecule has 1 fully saturated rings. The molecule has 2 aliphatic rings. The van der Waals surface area contributed by atoms with Crippen molar-refractivity contribution in [2.24, 2.45) is 5.73 Å². The number of aryl methyl sites for hydroxylation is 1. The minimum absolute atomic E-state index is 0.104. The first-order chi connectivity index (χ1) is 10.2. The summed E-state index contributed by atoms with van der Waals surface area (Å²) in [6, 6.07) is 6.01. The van der Waals surface area contributed by atoms with E-state index < -0.39 is 10.8 Å². The third-order valence-electron chi connectivity index (χ3n) is 4.99. The summed E-state index contributed by atoms with van der Waals surface area (Å²) in [5.41, 5.74) is 8.90. The van der Waals surface area contributed by atoms with Gasteiger partial charge in [0.15, 0.2) is 0 Å². The van der Waals surface area contributed by atoms with Crippen LogP contribution in [0.15, 0.2) is 18.2 Å². The molecule has 0 heterocycles. The Morgan fingerprint density at radius 2 is 1.95 bits per heavy atom. The lowest BCUT2D eigenvalue weighted by molar-refractivity contribution is 0.412. The average Bonchev–Trinajstić information content (AvgIpc) is 2.55.